The normalized spacial score (nSPS) is 11.3. The number of benzene rings is 3. The van der Waals surface area contributed by atoms with E-state index in [9.17, 15) is 14.0 Å². The van der Waals surface area contributed by atoms with Gasteiger partial charge in [-0.3, -0.25) is 15.0 Å². The van der Waals surface area contributed by atoms with E-state index in [1.165, 1.54) is 30.0 Å². The van der Waals surface area contributed by atoms with E-state index in [1.807, 2.05) is 36.4 Å². The highest BCUT2D eigenvalue weighted by Crippen LogP contribution is 2.29. The van der Waals surface area contributed by atoms with Crippen molar-refractivity contribution in [3.8, 4) is 16.9 Å². The number of halogens is 1. The van der Waals surface area contributed by atoms with Crippen molar-refractivity contribution in [2.24, 2.45) is 0 Å². The highest BCUT2D eigenvalue weighted by Gasteiger charge is 2.20. The van der Waals surface area contributed by atoms with Gasteiger partial charge in [0.2, 0.25) is 0 Å². The third kappa shape index (κ3) is 4.44. The minimum Gasteiger partial charge on any atom is -0.483 e. The molecule has 0 saturated carbocycles. The third-order valence-corrected chi connectivity index (χ3v) is 6.22. The van der Waals surface area contributed by atoms with E-state index in [-0.39, 0.29) is 24.5 Å². The van der Waals surface area contributed by atoms with Gasteiger partial charge in [-0.05, 0) is 35.2 Å². The maximum Gasteiger partial charge on any atom is 0.299 e. The Bertz CT molecular complexity index is 1910. The molecular formula is C28H21FN6O4. The maximum atomic E-state index is 13.5. The zero-order valence-electron chi connectivity index (χ0n) is 20.7. The number of amides is 1. The smallest absolute Gasteiger partial charge is 0.299 e. The zero-order valence-corrected chi connectivity index (χ0v) is 20.7. The first-order chi connectivity index (χ1) is 19.0. The van der Waals surface area contributed by atoms with Gasteiger partial charge >= 0.3 is 0 Å². The molecule has 0 aliphatic rings. The number of carbonyl (C=O) groups excluding carboxylic acids is 1. The van der Waals surface area contributed by atoms with E-state index in [2.05, 4.69) is 20.7 Å². The molecule has 0 spiro atoms. The third-order valence-electron chi connectivity index (χ3n) is 6.22. The summed E-state index contributed by atoms with van der Waals surface area (Å²) in [5, 5.41) is 14.8. The first kappa shape index (κ1) is 24.2. The lowest BCUT2D eigenvalue weighted by atomic mass is 10.1. The monoisotopic (exact) mass is 524 g/mol. The average Bonchev–Trinajstić information content (AvgIpc) is 3.32. The number of nitrogens with one attached hydrogen (secondary N) is 1. The summed E-state index contributed by atoms with van der Waals surface area (Å²) < 4.78 is 27.1. The number of ether oxygens (including phenoxy) is 2. The maximum absolute atomic E-state index is 13.5. The molecule has 0 saturated heterocycles. The van der Waals surface area contributed by atoms with Crippen LogP contribution in [0.2, 0.25) is 0 Å². The quantitative estimate of drug-likeness (QED) is 0.339. The predicted molar refractivity (Wildman–Crippen MR) is 142 cm³/mol. The van der Waals surface area contributed by atoms with Gasteiger partial charge in [0.05, 0.1) is 17.9 Å². The molecule has 1 amide bonds. The summed E-state index contributed by atoms with van der Waals surface area (Å²) in [5.74, 6) is -0.339. The second-order valence-corrected chi connectivity index (χ2v) is 8.72. The van der Waals surface area contributed by atoms with Crippen molar-refractivity contribution >= 4 is 33.4 Å². The molecule has 0 fully saturated rings. The van der Waals surface area contributed by atoms with Crippen LogP contribution in [0.4, 0.5) is 4.39 Å². The molecule has 6 aromatic rings. The molecule has 0 radical (unpaired) electrons. The molecule has 1 N–H and O–H groups in total. The summed E-state index contributed by atoms with van der Waals surface area (Å²) in [7, 11) is 1.54. The van der Waals surface area contributed by atoms with Crippen LogP contribution < -0.4 is 15.7 Å². The van der Waals surface area contributed by atoms with Crippen molar-refractivity contribution < 1.29 is 18.7 Å². The largest absolute Gasteiger partial charge is 0.483 e. The van der Waals surface area contributed by atoms with Gasteiger partial charge in [-0.2, -0.15) is 5.10 Å². The number of nitrogens with zero attached hydrogens (tertiary/aromatic N) is 5. The Balaban J connectivity index is 1.30. The van der Waals surface area contributed by atoms with E-state index in [4.69, 9.17) is 9.47 Å². The highest BCUT2D eigenvalue weighted by atomic mass is 19.1. The van der Waals surface area contributed by atoms with Crippen molar-refractivity contribution in [2.75, 3.05) is 19.1 Å². The predicted octanol–water partition coefficient (Wildman–Crippen LogP) is 3.69. The van der Waals surface area contributed by atoms with Crippen molar-refractivity contribution in [3.05, 3.63) is 101 Å². The van der Waals surface area contributed by atoms with Crippen LogP contribution in [-0.2, 0) is 16.1 Å². The highest BCUT2D eigenvalue weighted by molar-refractivity contribution is 5.90. The summed E-state index contributed by atoms with van der Waals surface area (Å²) in [6.07, 6.45) is 1.41. The van der Waals surface area contributed by atoms with Crippen molar-refractivity contribution in [1.82, 2.24) is 24.5 Å². The first-order valence-corrected chi connectivity index (χ1v) is 12.0. The van der Waals surface area contributed by atoms with Crippen LogP contribution in [0.5, 0.6) is 5.75 Å². The molecule has 10 nitrogen and oxygen atoms in total. The topological polar surface area (TPSA) is 113 Å². The number of carbonyl (C=O) groups is 1. The fraction of sp³-hybridized carbons (Fsp3) is 0.107. The Labute approximate surface area is 220 Å². The number of rotatable bonds is 7. The first-order valence-electron chi connectivity index (χ1n) is 12.0. The van der Waals surface area contributed by atoms with Gasteiger partial charge in [-0.15, -0.1) is 10.2 Å². The van der Waals surface area contributed by atoms with E-state index < -0.39 is 11.5 Å². The summed E-state index contributed by atoms with van der Waals surface area (Å²) >= 11 is 0. The van der Waals surface area contributed by atoms with Crippen LogP contribution in [0.3, 0.4) is 0 Å². The number of methoxy groups -OCH3 is 1. The number of hydrogen-bond donors (Lipinski definition) is 1. The summed E-state index contributed by atoms with van der Waals surface area (Å²) in [6.45, 7) is -0.134. The Hall–Kier alpha value is -5.16. The lowest BCUT2D eigenvalue weighted by molar-refractivity contribution is -0.119. The minimum atomic E-state index is -0.590. The van der Waals surface area contributed by atoms with Crippen molar-refractivity contribution in [2.45, 2.75) is 6.61 Å². The Morgan fingerprint density at radius 1 is 1.00 bits per heavy atom. The van der Waals surface area contributed by atoms with Gasteiger partial charge in [-0.25, -0.2) is 13.6 Å². The molecule has 0 aliphatic carbocycles. The van der Waals surface area contributed by atoms with Gasteiger partial charge in [0.15, 0.2) is 17.8 Å². The molecule has 0 aliphatic heterocycles. The fourth-order valence-electron chi connectivity index (χ4n) is 4.46. The molecular weight excluding hydrogens is 503 g/mol. The van der Waals surface area contributed by atoms with Gasteiger partial charge in [-0.1, -0.05) is 48.5 Å². The van der Waals surface area contributed by atoms with Crippen molar-refractivity contribution in [3.63, 3.8) is 0 Å². The zero-order chi connectivity index (χ0) is 26.9. The van der Waals surface area contributed by atoms with Gasteiger partial charge in [0.1, 0.15) is 17.1 Å². The molecule has 6 rings (SSSR count). The lowest BCUT2D eigenvalue weighted by Crippen LogP contribution is -2.35. The van der Waals surface area contributed by atoms with E-state index >= 15 is 0 Å². The molecule has 0 atom stereocenters. The molecule has 0 unspecified atom stereocenters. The van der Waals surface area contributed by atoms with Crippen LogP contribution in [0.15, 0.2) is 83.8 Å². The molecule has 3 aromatic heterocycles. The second-order valence-electron chi connectivity index (χ2n) is 8.72. The number of pyridine rings is 1. The number of aromatic nitrogens is 5. The number of fused-ring (bicyclic) bond motifs is 4. The Morgan fingerprint density at radius 2 is 1.79 bits per heavy atom. The standard InChI is InChI=1S/C28H21FN6O4/c1-38-15-21-25(18-9-11-19(29)12-10-18)27-31-30-26-22(35(27)32-21)13-14-34(28(26)37)33-24(36)16-39-23-8-4-6-17-5-2-3-7-20(17)23/h2-14H,15-16H2,1H3,(H,33,36). The van der Waals surface area contributed by atoms with Crippen LogP contribution >= 0.6 is 0 Å². The van der Waals surface area contributed by atoms with Crippen LogP contribution in [0.25, 0.3) is 38.6 Å². The summed E-state index contributed by atoms with van der Waals surface area (Å²) in [4.78, 5) is 25.8. The van der Waals surface area contributed by atoms with Gasteiger partial charge < -0.3 is 9.47 Å². The molecule has 3 heterocycles. The van der Waals surface area contributed by atoms with Gasteiger partial charge in [0, 0.05) is 18.7 Å². The van der Waals surface area contributed by atoms with Gasteiger partial charge in [0.25, 0.3) is 11.5 Å². The van der Waals surface area contributed by atoms with E-state index in [0.29, 0.717) is 33.7 Å². The SMILES string of the molecule is COCc1nn2c(nnc3c(=O)n(NC(=O)COc4cccc5ccccc45)ccc32)c1-c1ccc(F)cc1. The lowest BCUT2D eigenvalue weighted by Gasteiger charge is -2.11. The van der Waals surface area contributed by atoms with Crippen LogP contribution in [0, 0.1) is 5.82 Å². The second kappa shape index (κ2) is 9.95. The van der Waals surface area contributed by atoms with Crippen LogP contribution in [-0.4, -0.2) is 44.1 Å². The Morgan fingerprint density at radius 3 is 2.62 bits per heavy atom. The average molecular weight is 525 g/mol. The molecule has 0 bridgehead atoms. The molecule has 3 aromatic carbocycles. The fourth-order valence-corrected chi connectivity index (χ4v) is 4.46. The molecule has 194 valence electrons. The summed E-state index contributed by atoms with van der Waals surface area (Å²) in [6, 6.07) is 20.8. The number of hydrogen-bond acceptors (Lipinski definition) is 7. The molecule has 11 heteroatoms. The van der Waals surface area contributed by atoms with Crippen LogP contribution in [0.1, 0.15) is 5.69 Å². The summed E-state index contributed by atoms with van der Waals surface area (Å²) in [5.41, 5.74) is 4.54. The molecule has 39 heavy (non-hydrogen) atoms. The van der Waals surface area contributed by atoms with Crippen molar-refractivity contribution in [1.29, 1.82) is 0 Å². The van der Waals surface area contributed by atoms with E-state index in [1.54, 1.807) is 24.3 Å². The van der Waals surface area contributed by atoms with E-state index in [0.717, 1.165) is 15.4 Å². The minimum absolute atomic E-state index is 0.00241. The Kier molecular flexibility index (Phi) is 6.17.